The Morgan fingerprint density at radius 1 is 0.879 bits per heavy atom. The lowest BCUT2D eigenvalue weighted by Gasteiger charge is -2.21. The number of aromatic nitrogens is 1. The van der Waals surface area contributed by atoms with E-state index in [1.54, 1.807) is 11.3 Å². The van der Waals surface area contributed by atoms with Crippen molar-refractivity contribution in [2.45, 2.75) is 19.4 Å². The highest BCUT2D eigenvalue weighted by Gasteiger charge is 2.25. The van der Waals surface area contributed by atoms with Gasteiger partial charge in [0.2, 0.25) is 0 Å². The van der Waals surface area contributed by atoms with Crippen LogP contribution >= 0.6 is 11.3 Å². The van der Waals surface area contributed by atoms with E-state index in [2.05, 4.69) is 42.6 Å². The lowest BCUT2D eigenvalue weighted by atomic mass is 9.94. The number of pyridine rings is 1. The van der Waals surface area contributed by atoms with Crippen molar-refractivity contribution in [2.75, 3.05) is 0 Å². The van der Waals surface area contributed by atoms with Crippen molar-refractivity contribution in [3.8, 4) is 21.7 Å². The van der Waals surface area contributed by atoms with Crippen molar-refractivity contribution in [3.05, 3.63) is 114 Å². The summed E-state index contributed by atoms with van der Waals surface area (Å²) in [5.41, 5.74) is 5.30. The van der Waals surface area contributed by atoms with Crippen molar-refractivity contribution in [2.24, 2.45) is 0 Å². The van der Waals surface area contributed by atoms with Crippen LogP contribution in [0.3, 0.4) is 0 Å². The van der Waals surface area contributed by atoms with E-state index in [9.17, 15) is 4.79 Å². The summed E-state index contributed by atoms with van der Waals surface area (Å²) < 4.78 is 0. The zero-order valence-corrected chi connectivity index (χ0v) is 19.2. The fourth-order valence-electron chi connectivity index (χ4n) is 4.25. The van der Waals surface area contributed by atoms with Crippen LogP contribution in [0.4, 0.5) is 0 Å². The molecule has 5 aromatic rings. The van der Waals surface area contributed by atoms with Gasteiger partial charge in [0.15, 0.2) is 0 Å². The predicted molar refractivity (Wildman–Crippen MR) is 137 cm³/mol. The summed E-state index contributed by atoms with van der Waals surface area (Å²) in [6.45, 7) is 2.10. The summed E-state index contributed by atoms with van der Waals surface area (Å²) in [7, 11) is 0. The summed E-state index contributed by atoms with van der Waals surface area (Å²) in [6.07, 6.45) is 0.804. The lowest BCUT2D eigenvalue weighted by Crippen LogP contribution is -2.29. The number of nitrogens with zero attached hydrogens (tertiary/aromatic N) is 1. The van der Waals surface area contributed by atoms with Gasteiger partial charge in [-0.1, -0.05) is 91.9 Å². The molecule has 0 bridgehead atoms. The van der Waals surface area contributed by atoms with Crippen molar-refractivity contribution in [1.29, 1.82) is 0 Å². The molecular weight excluding hydrogens is 424 g/mol. The molecule has 1 N–H and O–H groups in total. The first-order chi connectivity index (χ1) is 16.3. The minimum Gasteiger partial charge on any atom is -0.345 e. The Morgan fingerprint density at radius 2 is 1.58 bits per heavy atom. The molecule has 4 heteroatoms. The number of nitrogens with one attached hydrogen (secondary N) is 1. The molecule has 0 radical (unpaired) electrons. The Bertz CT molecular complexity index is 1380. The molecule has 3 nitrogen and oxygen atoms in total. The van der Waals surface area contributed by atoms with Gasteiger partial charge in [0.25, 0.3) is 5.91 Å². The maximum absolute atomic E-state index is 14.0. The molecule has 5 rings (SSSR count). The molecule has 0 aliphatic rings. The summed E-state index contributed by atoms with van der Waals surface area (Å²) >= 11 is 1.63. The molecule has 1 amide bonds. The van der Waals surface area contributed by atoms with E-state index in [0.29, 0.717) is 5.56 Å². The van der Waals surface area contributed by atoms with Gasteiger partial charge in [0.05, 0.1) is 22.8 Å². The van der Waals surface area contributed by atoms with Crippen LogP contribution in [-0.4, -0.2) is 10.9 Å². The number of carbonyl (C=O) groups excluding carboxylic acids is 1. The third kappa shape index (κ3) is 4.18. The maximum atomic E-state index is 14.0. The van der Waals surface area contributed by atoms with Crippen LogP contribution in [0.2, 0.25) is 0 Å². The number of carbonyl (C=O) groups is 1. The van der Waals surface area contributed by atoms with Crippen molar-refractivity contribution >= 4 is 28.1 Å². The molecule has 2 heterocycles. The average Bonchev–Trinajstić information content (AvgIpc) is 3.41. The first kappa shape index (κ1) is 21.1. The quantitative estimate of drug-likeness (QED) is 0.292. The standard InChI is InChI=1S/C29H24N2OS/c1-2-23(20-12-5-3-6-13-20)31-29(32)26-22-16-9-10-17-24(22)30-28(21-14-7-4-8-15-21)27(26)25-18-11-19-33-25/h3-19,23H,2H2,1H3,(H,31,32)/t23-/m0/s1. The molecule has 0 saturated heterocycles. The van der Waals surface area contributed by atoms with E-state index in [4.69, 9.17) is 4.98 Å². The summed E-state index contributed by atoms with van der Waals surface area (Å²) in [5, 5.41) is 6.21. The fourth-order valence-corrected chi connectivity index (χ4v) is 5.03. The van der Waals surface area contributed by atoms with Crippen LogP contribution in [0, 0.1) is 0 Å². The van der Waals surface area contributed by atoms with Gasteiger partial charge >= 0.3 is 0 Å². The van der Waals surface area contributed by atoms with Gasteiger partial charge in [-0.25, -0.2) is 4.98 Å². The van der Waals surface area contributed by atoms with E-state index >= 15 is 0 Å². The number of benzene rings is 3. The Morgan fingerprint density at radius 3 is 2.27 bits per heavy atom. The van der Waals surface area contributed by atoms with Crippen LogP contribution in [0.1, 0.15) is 35.3 Å². The van der Waals surface area contributed by atoms with Crippen molar-refractivity contribution in [1.82, 2.24) is 10.3 Å². The number of fused-ring (bicyclic) bond motifs is 1. The van der Waals surface area contributed by atoms with Crippen molar-refractivity contribution < 1.29 is 4.79 Å². The Balaban J connectivity index is 1.73. The predicted octanol–water partition coefficient (Wildman–Crippen LogP) is 7.51. The van der Waals surface area contributed by atoms with Crippen LogP contribution in [0.5, 0.6) is 0 Å². The molecule has 0 aliphatic carbocycles. The summed E-state index contributed by atoms with van der Waals surface area (Å²) in [4.78, 5) is 20.0. The number of para-hydroxylation sites is 1. The summed E-state index contributed by atoms with van der Waals surface area (Å²) in [6, 6.07) is 32.2. The highest BCUT2D eigenvalue weighted by molar-refractivity contribution is 7.13. The first-order valence-corrected chi connectivity index (χ1v) is 12.0. The van der Waals surface area contributed by atoms with Crippen LogP contribution in [0.15, 0.2) is 102 Å². The van der Waals surface area contributed by atoms with E-state index in [1.165, 1.54) is 0 Å². The minimum absolute atomic E-state index is 0.0676. The van der Waals surface area contributed by atoms with Gasteiger partial charge < -0.3 is 5.32 Å². The van der Waals surface area contributed by atoms with Gasteiger partial charge in [-0.15, -0.1) is 11.3 Å². The van der Waals surface area contributed by atoms with Crippen LogP contribution in [-0.2, 0) is 0 Å². The average molecular weight is 449 g/mol. The highest BCUT2D eigenvalue weighted by Crippen LogP contribution is 2.39. The van der Waals surface area contributed by atoms with Crippen LogP contribution in [0.25, 0.3) is 32.6 Å². The van der Waals surface area contributed by atoms with E-state index in [0.717, 1.165) is 44.6 Å². The van der Waals surface area contributed by atoms with Gasteiger partial charge in [0, 0.05) is 21.4 Å². The normalized spacial score (nSPS) is 11.9. The highest BCUT2D eigenvalue weighted by atomic mass is 32.1. The van der Waals surface area contributed by atoms with Gasteiger partial charge in [-0.3, -0.25) is 4.79 Å². The maximum Gasteiger partial charge on any atom is 0.253 e. The zero-order chi connectivity index (χ0) is 22.6. The zero-order valence-electron chi connectivity index (χ0n) is 18.4. The number of hydrogen-bond acceptors (Lipinski definition) is 3. The molecular formula is C29H24N2OS. The van der Waals surface area contributed by atoms with Gasteiger partial charge in [-0.2, -0.15) is 0 Å². The molecule has 0 saturated carbocycles. The second kappa shape index (κ2) is 9.39. The van der Waals surface area contributed by atoms with Gasteiger partial charge in [-0.05, 0) is 29.5 Å². The molecule has 0 aliphatic heterocycles. The Kier molecular flexibility index (Phi) is 6.01. The number of hydrogen-bond donors (Lipinski definition) is 1. The molecule has 33 heavy (non-hydrogen) atoms. The van der Waals surface area contributed by atoms with E-state index in [1.807, 2.05) is 72.1 Å². The molecule has 0 spiro atoms. The minimum atomic E-state index is -0.0788. The van der Waals surface area contributed by atoms with Crippen LogP contribution < -0.4 is 5.32 Å². The second-order valence-electron chi connectivity index (χ2n) is 7.92. The largest absolute Gasteiger partial charge is 0.345 e. The molecule has 2 aromatic heterocycles. The SMILES string of the molecule is CC[C@H](NC(=O)c1c(-c2cccs2)c(-c2ccccc2)nc2ccccc12)c1ccccc1. The van der Waals surface area contributed by atoms with E-state index < -0.39 is 0 Å². The monoisotopic (exact) mass is 448 g/mol. The number of thiophene rings is 1. The molecule has 162 valence electrons. The second-order valence-corrected chi connectivity index (χ2v) is 8.86. The summed E-state index contributed by atoms with van der Waals surface area (Å²) in [5.74, 6) is -0.0788. The van der Waals surface area contributed by atoms with Crippen molar-refractivity contribution in [3.63, 3.8) is 0 Å². The smallest absolute Gasteiger partial charge is 0.253 e. The molecule has 0 unspecified atom stereocenters. The van der Waals surface area contributed by atoms with Gasteiger partial charge in [0.1, 0.15) is 0 Å². The third-order valence-electron chi connectivity index (χ3n) is 5.85. The molecule has 0 fully saturated rings. The topological polar surface area (TPSA) is 42.0 Å². The number of rotatable bonds is 6. The lowest BCUT2D eigenvalue weighted by molar-refractivity contribution is 0.0938. The first-order valence-electron chi connectivity index (χ1n) is 11.1. The fraction of sp³-hybridized carbons (Fsp3) is 0.103. The molecule has 3 aromatic carbocycles. The third-order valence-corrected chi connectivity index (χ3v) is 6.74. The molecule has 1 atom stereocenters. The number of amides is 1. The van der Waals surface area contributed by atoms with E-state index in [-0.39, 0.29) is 11.9 Å². The Hall–Kier alpha value is -3.76. The Labute approximate surface area is 197 Å².